The van der Waals surface area contributed by atoms with Crippen LogP contribution in [0.1, 0.15) is 20.3 Å². The maximum Gasteiger partial charge on any atom is 0.337 e. The van der Waals surface area contributed by atoms with Crippen molar-refractivity contribution in [2.45, 2.75) is 20.3 Å². The van der Waals surface area contributed by atoms with Gasteiger partial charge in [-0.3, -0.25) is 20.2 Å². The van der Waals surface area contributed by atoms with Gasteiger partial charge in [0.05, 0.1) is 21.8 Å². The topological polar surface area (TPSA) is 124 Å². The monoisotopic (exact) mass is 290 g/mol. The summed E-state index contributed by atoms with van der Waals surface area (Å²) in [6.07, 6.45) is 1.26. The van der Waals surface area contributed by atoms with E-state index >= 15 is 0 Å². The minimum absolute atomic E-state index is 0.365. The highest BCUT2D eigenvalue weighted by Gasteiger charge is 2.28. The zero-order valence-corrected chi connectivity index (χ0v) is 10.9. The smallest absolute Gasteiger partial charge is 0.337 e. The SMILES string of the molecule is CC.O=C(O)C1=C(Cl)C([N+](=O)[O-])=CCC([N+](=O)[O-])=C1. The van der Waals surface area contributed by atoms with E-state index in [1.807, 2.05) is 13.8 Å². The lowest BCUT2D eigenvalue weighted by Gasteiger charge is -1.97. The number of hydrogen-bond donors (Lipinski definition) is 1. The number of rotatable bonds is 3. The van der Waals surface area contributed by atoms with Crippen molar-refractivity contribution in [2.24, 2.45) is 0 Å². The van der Waals surface area contributed by atoms with Crippen molar-refractivity contribution in [3.05, 3.63) is 54.4 Å². The normalized spacial score (nSPS) is 14.5. The fourth-order valence-corrected chi connectivity index (χ4v) is 1.44. The van der Waals surface area contributed by atoms with E-state index in [1.54, 1.807) is 0 Å². The Kier molecular flexibility index (Phi) is 6.42. The maximum absolute atomic E-state index is 10.8. The van der Waals surface area contributed by atoms with Gasteiger partial charge in [0.1, 0.15) is 5.03 Å². The second-order valence-corrected chi connectivity index (χ2v) is 3.35. The number of carbonyl (C=O) groups is 1. The average molecular weight is 291 g/mol. The number of nitrogens with zero attached hydrogens (tertiary/aromatic N) is 2. The quantitative estimate of drug-likeness (QED) is 0.628. The number of halogens is 1. The molecule has 0 aromatic rings. The van der Waals surface area contributed by atoms with Crippen LogP contribution >= 0.6 is 11.6 Å². The van der Waals surface area contributed by atoms with E-state index in [9.17, 15) is 25.0 Å². The molecule has 0 bridgehead atoms. The minimum Gasteiger partial charge on any atom is -0.478 e. The second kappa shape index (κ2) is 7.27. The van der Waals surface area contributed by atoms with Gasteiger partial charge in [-0.1, -0.05) is 25.4 Å². The Bertz CT molecular complexity index is 506. The summed E-state index contributed by atoms with van der Waals surface area (Å²) in [5.74, 6) is -1.57. The molecule has 0 spiro atoms. The third-order valence-electron chi connectivity index (χ3n) is 1.94. The summed E-state index contributed by atoms with van der Waals surface area (Å²) >= 11 is 5.53. The van der Waals surface area contributed by atoms with Crippen LogP contribution in [0.2, 0.25) is 0 Å². The fraction of sp³-hybridized carbons (Fsp3) is 0.300. The highest BCUT2D eigenvalue weighted by molar-refractivity contribution is 6.34. The van der Waals surface area contributed by atoms with E-state index in [4.69, 9.17) is 16.7 Å². The van der Waals surface area contributed by atoms with Gasteiger partial charge in [-0.2, -0.15) is 0 Å². The van der Waals surface area contributed by atoms with Crippen LogP contribution in [-0.4, -0.2) is 20.9 Å². The fourth-order valence-electron chi connectivity index (χ4n) is 1.16. The van der Waals surface area contributed by atoms with Crippen LogP contribution in [0.4, 0.5) is 0 Å². The molecule has 0 amide bonds. The summed E-state index contributed by atoms with van der Waals surface area (Å²) < 4.78 is 0. The lowest BCUT2D eigenvalue weighted by atomic mass is 10.2. The number of nitro groups is 2. The van der Waals surface area contributed by atoms with Crippen molar-refractivity contribution in [3.8, 4) is 0 Å². The van der Waals surface area contributed by atoms with Gasteiger partial charge < -0.3 is 5.11 Å². The van der Waals surface area contributed by atoms with Crippen LogP contribution in [0.15, 0.2) is 34.2 Å². The number of carboxylic acid groups (broad SMARTS) is 1. The van der Waals surface area contributed by atoms with Crippen molar-refractivity contribution < 1.29 is 19.7 Å². The van der Waals surface area contributed by atoms with E-state index < -0.39 is 37.8 Å². The van der Waals surface area contributed by atoms with E-state index in [-0.39, 0.29) is 6.42 Å². The summed E-state index contributed by atoms with van der Waals surface area (Å²) in [6, 6.07) is 0. The minimum atomic E-state index is -1.57. The lowest BCUT2D eigenvalue weighted by Crippen LogP contribution is -2.06. The van der Waals surface area contributed by atoms with Crippen LogP contribution < -0.4 is 0 Å². The Hall–Kier alpha value is -2.22. The van der Waals surface area contributed by atoms with E-state index in [1.165, 1.54) is 0 Å². The molecule has 19 heavy (non-hydrogen) atoms. The first kappa shape index (κ1) is 16.8. The number of carboxylic acids is 1. The Morgan fingerprint density at radius 2 is 1.84 bits per heavy atom. The predicted molar refractivity (Wildman–Crippen MR) is 66.6 cm³/mol. The summed E-state index contributed by atoms with van der Waals surface area (Å²) in [4.78, 5) is 30.2. The van der Waals surface area contributed by atoms with Crippen LogP contribution in [-0.2, 0) is 4.79 Å². The van der Waals surface area contributed by atoms with Crippen LogP contribution in [0, 0.1) is 20.2 Å². The maximum atomic E-state index is 10.8. The molecular weight excluding hydrogens is 280 g/mol. The predicted octanol–water partition coefficient (Wildman–Crippen LogP) is 2.32. The van der Waals surface area contributed by atoms with Crippen molar-refractivity contribution in [1.29, 1.82) is 0 Å². The van der Waals surface area contributed by atoms with Gasteiger partial charge in [-0.15, -0.1) is 0 Å². The molecule has 0 saturated heterocycles. The Morgan fingerprint density at radius 3 is 2.21 bits per heavy atom. The average Bonchev–Trinajstić information content (AvgIpc) is 2.51. The van der Waals surface area contributed by atoms with Gasteiger partial charge in [0, 0.05) is 12.2 Å². The molecule has 0 aliphatic heterocycles. The second-order valence-electron chi connectivity index (χ2n) is 2.98. The third-order valence-corrected chi connectivity index (χ3v) is 2.34. The van der Waals surface area contributed by atoms with Gasteiger partial charge in [-0.25, -0.2) is 4.79 Å². The highest BCUT2D eigenvalue weighted by atomic mass is 35.5. The molecule has 0 saturated carbocycles. The summed E-state index contributed by atoms with van der Waals surface area (Å²) in [5.41, 5.74) is -1.80. The zero-order valence-electron chi connectivity index (χ0n) is 10.1. The number of allylic oxidation sites excluding steroid dienone is 2. The van der Waals surface area contributed by atoms with Gasteiger partial charge in [0.2, 0.25) is 0 Å². The number of aliphatic carboxylic acids is 1. The van der Waals surface area contributed by atoms with Crippen LogP contribution in [0.25, 0.3) is 0 Å². The summed E-state index contributed by atoms with van der Waals surface area (Å²) in [5, 5.41) is 29.3. The first-order valence-corrected chi connectivity index (χ1v) is 5.55. The van der Waals surface area contributed by atoms with Gasteiger partial charge in [-0.05, 0) is 0 Å². The molecule has 0 fully saturated rings. The van der Waals surface area contributed by atoms with E-state index in [0.29, 0.717) is 0 Å². The molecule has 0 unspecified atom stereocenters. The standard InChI is InChI=1S/C8H5ClN2O6.C2H6/c9-7-5(8(12)13)3-4(10(14)15)1-2-6(7)11(16)17;1-2/h2-3H,1H2,(H,12,13);1-2H3. The van der Waals surface area contributed by atoms with Gasteiger partial charge in [0.25, 0.3) is 11.4 Å². The summed E-state index contributed by atoms with van der Waals surface area (Å²) in [6.45, 7) is 4.00. The van der Waals surface area contributed by atoms with Crippen LogP contribution in [0.3, 0.4) is 0 Å². The molecule has 1 aliphatic carbocycles. The van der Waals surface area contributed by atoms with Crippen molar-refractivity contribution in [3.63, 3.8) is 0 Å². The molecule has 1 N–H and O–H groups in total. The van der Waals surface area contributed by atoms with Crippen molar-refractivity contribution >= 4 is 17.6 Å². The molecule has 0 aromatic carbocycles. The molecule has 0 heterocycles. The molecule has 1 aliphatic rings. The molecular formula is C10H11ClN2O6. The van der Waals surface area contributed by atoms with Gasteiger partial charge >= 0.3 is 5.97 Å². The molecule has 0 radical (unpaired) electrons. The molecule has 104 valence electrons. The van der Waals surface area contributed by atoms with E-state index in [2.05, 4.69) is 0 Å². The third kappa shape index (κ3) is 4.18. The molecule has 0 atom stereocenters. The highest BCUT2D eigenvalue weighted by Crippen LogP contribution is 2.27. The number of hydrogen-bond acceptors (Lipinski definition) is 5. The largest absolute Gasteiger partial charge is 0.478 e. The molecule has 1 rings (SSSR count). The first-order valence-electron chi connectivity index (χ1n) is 5.17. The molecule has 8 nitrogen and oxygen atoms in total. The first-order chi connectivity index (χ1) is 8.84. The molecule has 0 aromatic heterocycles. The Labute approximate surface area is 113 Å². The van der Waals surface area contributed by atoms with Crippen molar-refractivity contribution in [1.82, 2.24) is 0 Å². The molecule has 9 heteroatoms. The van der Waals surface area contributed by atoms with Crippen LogP contribution in [0.5, 0.6) is 0 Å². The van der Waals surface area contributed by atoms with Crippen molar-refractivity contribution in [2.75, 3.05) is 0 Å². The Balaban J connectivity index is 0.00000154. The van der Waals surface area contributed by atoms with Gasteiger partial charge in [0.15, 0.2) is 0 Å². The zero-order chi connectivity index (χ0) is 15.2. The van der Waals surface area contributed by atoms with E-state index in [0.717, 1.165) is 12.2 Å². The summed E-state index contributed by atoms with van der Waals surface area (Å²) in [7, 11) is 0. The lowest BCUT2D eigenvalue weighted by molar-refractivity contribution is -0.428. The Morgan fingerprint density at radius 1 is 1.32 bits per heavy atom.